The molecule has 0 bridgehead atoms. The van der Waals surface area contributed by atoms with Crippen LogP contribution < -0.4 is 10.2 Å². The van der Waals surface area contributed by atoms with Gasteiger partial charge in [-0.2, -0.15) is 4.68 Å². The molecule has 1 aromatic carbocycles. The molecule has 0 unspecified atom stereocenters. The van der Waals surface area contributed by atoms with Crippen molar-refractivity contribution in [3.63, 3.8) is 0 Å². The monoisotopic (exact) mass is 440 g/mol. The number of piperidine rings is 1. The second-order valence-corrected chi connectivity index (χ2v) is 8.89. The molecule has 3 heterocycles. The Morgan fingerprint density at radius 2 is 1.88 bits per heavy atom. The van der Waals surface area contributed by atoms with E-state index in [9.17, 15) is 9.18 Å². The third-order valence-electron chi connectivity index (χ3n) is 6.17. The van der Waals surface area contributed by atoms with E-state index in [4.69, 9.17) is 0 Å². The van der Waals surface area contributed by atoms with E-state index < -0.39 is 6.17 Å². The zero-order valence-electron chi connectivity index (χ0n) is 19.1. The molecule has 0 saturated carbocycles. The van der Waals surface area contributed by atoms with Crippen LogP contribution in [0.2, 0.25) is 0 Å². The minimum absolute atomic E-state index is 0.107. The molecule has 7 nitrogen and oxygen atoms in total. The molecule has 2 aliphatic heterocycles. The van der Waals surface area contributed by atoms with Crippen LogP contribution in [-0.2, 0) is 6.54 Å². The number of allylic oxidation sites excluding steroid dienone is 1. The summed E-state index contributed by atoms with van der Waals surface area (Å²) >= 11 is 0. The topological polar surface area (TPSA) is 56.6 Å². The Labute approximate surface area is 189 Å². The van der Waals surface area contributed by atoms with E-state index in [1.807, 2.05) is 11.8 Å². The maximum atomic E-state index is 13.6. The Morgan fingerprint density at radius 1 is 1.16 bits per heavy atom. The third-order valence-corrected chi connectivity index (χ3v) is 6.17. The average Bonchev–Trinajstić information content (AvgIpc) is 3.23. The fraction of sp³-hybridized carbons (Fsp3) is 0.500. The summed E-state index contributed by atoms with van der Waals surface area (Å²) in [6.45, 7) is 13.1. The SMILES string of the molecule is C=C(C)Nc1ccn(C(=O)N2CCN(Cc3ccc(C)cc3N3CCC(F)CC3)CC2)n1. The molecule has 0 spiro atoms. The smallest absolute Gasteiger partial charge is 0.344 e. The number of hydrogen-bond donors (Lipinski definition) is 1. The van der Waals surface area contributed by atoms with Gasteiger partial charge in [0.2, 0.25) is 0 Å². The van der Waals surface area contributed by atoms with Crippen molar-refractivity contribution in [2.45, 2.75) is 39.4 Å². The maximum Gasteiger partial charge on any atom is 0.344 e. The van der Waals surface area contributed by atoms with Gasteiger partial charge in [0.1, 0.15) is 6.17 Å². The fourth-order valence-electron chi connectivity index (χ4n) is 4.39. The molecule has 1 aromatic heterocycles. The molecule has 2 saturated heterocycles. The first-order valence-electron chi connectivity index (χ1n) is 11.4. The lowest BCUT2D eigenvalue weighted by molar-refractivity contribution is 0.134. The molecule has 4 rings (SSSR count). The van der Waals surface area contributed by atoms with Crippen LogP contribution in [-0.4, -0.2) is 71.1 Å². The summed E-state index contributed by atoms with van der Waals surface area (Å²) in [4.78, 5) is 19.4. The van der Waals surface area contributed by atoms with Crippen LogP contribution in [0.3, 0.4) is 0 Å². The maximum absolute atomic E-state index is 13.6. The number of aromatic nitrogens is 2. The molecule has 2 aromatic rings. The summed E-state index contributed by atoms with van der Waals surface area (Å²) in [6, 6.07) is 8.23. The molecule has 1 amide bonds. The number of aryl methyl sites for hydroxylation is 1. The molecule has 1 N–H and O–H groups in total. The number of hydrogen-bond acceptors (Lipinski definition) is 5. The first kappa shape index (κ1) is 22.3. The van der Waals surface area contributed by atoms with Gasteiger partial charge in [-0.25, -0.2) is 9.18 Å². The zero-order chi connectivity index (χ0) is 22.7. The number of piperazine rings is 1. The van der Waals surface area contributed by atoms with Crippen molar-refractivity contribution in [3.05, 3.63) is 53.9 Å². The normalized spacial score (nSPS) is 18.1. The van der Waals surface area contributed by atoms with E-state index in [0.717, 1.165) is 38.4 Å². The second-order valence-electron chi connectivity index (χ2n) is 8.89. The van der Waals surface area contributed by atoms with Crippen molar-refractivity contribution in [3.8, 4) is 0 Å². The zero-order valence-corrected chi connectivity index (χ0v) is 19.1. The van der Waals surface area contributed by atoms with Crippen molar-refractivity contribution in [2.75, 3.05) is 49.5 Å². The van der Waals surface area contributed by atoms with Crippen molar-refractivity contribution in [1.29, 1.82) is 0 Å². The highest BCUT2D eigenvalue weighted by Gasteiger charge is 2.25. The standard InChI is InChI=1S/C24H33FN6O/c1-18(2)26-23-8-11-31(27-23)24(32)30-14-12-28(13-15-30)17-20-5-4-19(3)16-22(20)29-9-6-21(25)7-10-29/h4-5,8,11,16,21H,1,6-7,9-10,12-15,17H2,2-3H3,(H,26,27). The predicted octanol–water partition coefficient (Wildman–Crippen LogP) is 3.86. The highest BCUT2D eigenvalue weighted by atomic mass is 19.1. The van der Waals surface area contributed by atoms with Crippen molar-refractivity contribution >= 4 is 17.5 Å². The molecule has 8 heteroatoms. The summed E-state index contributed by atoms with van der Waals surface area (Å²) < 4.78 is 15.0. The first-order valence-corrected chi connectivity index (χ1v) is 11.4. The largest absolute Gasteiger partial charge is 0.371 e. The number of amides is 1. The number of halogens is 1. The fourth-order valence-corrected chi connectivity index (χ4v) is 4.39. The Bertz CT molecular complexity index is 957. The number of nitrogens with zero attached hydrogens (tertiary/aromatic N) is 5. The summed E-state index contributed by atoms with van der Waals surface area (Å²) in [5.74, 6) is 0.619. The van der Waals surface area contributed by atoms with Gasteiger partial charge in [-0.05, 0) is 43.9 Å². The lowest BCUT2D eigenvalue weighted by Gasteiger charge is -2.36. The van der Waals surface area contributed by atoms with Crippen LogP contribution in [0.25, 0.3) is 0 Å². The molecular formula is C24H33FN6O. The summed E-state index contributed by atoms with van der Waals surface area (Å²) in [6.07, 6.45) is 2.21. The van der Waals surface area contributed by atoms with Gasteiger partial charge < -0.3 is 15.1 Å². The van der Waals surface area contributed by atoms with Gasteiger partial charge in [-0.1, -0.05) is 18.7 Å². The lowest BCUT2D eigenvalue weighted by atomic mass is 10.0. The van der Waals surface area contributed by atoms with Crippen LogP contribution in [0.1, 0.15) is 30.9 Å². The van der Waals surface area contributed by atoms with Crippen molar-refractivity contribution in [1.82, 2.24) is 19.6 Å². The Balaban J connectivity index is 1.35. The van der Waals surface area contributed by atoms with Gasteiger partial charge in [0.25, 0.3) is 0 Å². The van der Waals surface area contributed by atoms with E-state index in [-0.39, 0.29) is 6.03 Å². The average molecular weight is 441 g/mol. The van der Waals surface area contributed by atoms with Crippen LogP contribution in [0, 0.1) is 6.92 Å². The molecule has 2 fully saturated rings. The molecule has 32 heavy (non-hydrogen) atoms. The van der Waals surface area contributed by atoms with Gasteiger partial charge >= 0.3 is 6.03 Å². The summed E-state index contributed by atoms with van der Waals surface area (Å²) in [5, 5.41) is 7.32. The number of nitrogens with one attached hydrogen (secondary N) is 1. The molecule has 2 aliphatic rings. The van der Waals surface area contributed by atoms with Crippen LogP contribution in [0.5, 0.6) is 0 Å². The van der Waals surface area contributed by atoms with Gasteiger partial charge in [0.05, 0.1) is 0 Å². The molecule has 0 radical (unpaired) electrons. The van der Waals surface area contributed by atoms with Gasteiger partial charge in [-0.3, -0.25) is 4.90 Å². The van der Waals surface area contributed by atoms with E-state index in [1.54, 1.807) is 12.3 Å². The van der Waals surface area contributed by atoms with Gasteiger partial charge in [-0.15, -0.1) is 5.10 Å². The van der Waals surface area contributed by atoms with E-state index in [2.05, 4.69) is 51.9 Å². The highest BCUT2D eigenvalue weighted by molar-refractivity contribution is 5.76. The first-order chi connectivity index (χ1) is 15.4. The lowest BCUT2D eigenvalue weighted by Crippen LogP contribution is -2.49. The van der Waals surface area contributed by atoms with Gasteiger partial charge in [0.15, 0.2) is 5.82 Å². The number of carbonyl (C=O) groups excluding carboxylic acids is 1. The number of rotatable bonds is 5. The predicted molar refractivity (Wildman–Crippen MR) is 126 cm³/mol. The Kier molecular flexibility index (Phi) is 6.79. The quantitative estimate of drug-likeness (QED) is 0.765. The van der Waals surface area contributed by atoms with E-state index in [1.165, 1.54) is 21.5 Å². The molecular weight excluding hydrogens is 407 g/mol. The Hall–Kier alpha value is -2.87. The Morgan fingerprint density at radius 3 is 2.56 bits per heavy atom. The molecule has 172 valence electrons. The minimum atomic E-state index is -0.674. The van der Waals surface area contributed by atoms with Gasteiger partial charge in [0, 0.05) is 69.5 Å². The van der Waals surface area contributed by atoms with Crippen LogP contribution in [0.4, 0.5) is 20.7 Å². The van der Waals surface area contributed by atoms with E-state index >= 15 is 0 Å². The second kappa shape index (κ2) is 9.73. The minimum Gasteiger partial charge on any atom is -0.371 e. The van der Waals surface area contributed by atoms with Crippen LogP contribution >= 0.6 is 0 Å². The molecule has 0 atom stereocenters. The summed E-state index contributed by atoms with van der Waals surface area (Å²) in [5.41, 5.74) is 4.50. The van der Waals surface area contributed by atoms with Crippen LogP contribution in [0.15, 0.2) is 42.7 Å². The highest BCUT2D eigenvalue weighted by Crippen LogP contribution is 2.28. The molecule has 0 aliphatic carbocycles. The number of carbonyl (C=O) groups is 1. The summed E-state index contributed by atoms with van der Waals surface area (Å²) in [7, 11) is 0. The van der Waals surface area contributed by atoms with Crippen molar-refractivity contribution < 1.29 is 9.18 Å². The van der Waals surface area contributed by atoms with Crippen molar-refractivity contribution in [2.24, 2.45) is 0 Å². The number of anilines is 2. The van der Waals surface area contributed by atoms with E-state index in [0.29, 0.717) is 31.7 Å². The number of benzene rings is 1. The number of alkyl halides is 1. The third kappa shape index (κ3) is 5.30.